The first kappa shape index (κ1) is 25.9. The van der Waals surface area contributed by atoms with Gasteiger partial charge in [-0.25, -0.2) is 4.79 Å². The van der Waals surface area contributed by atoms with Crippen LogP contribution in [0.15, 0.2) is 12.1 Å². The van der Waals surface area contributed by atoms with Gasteiger partial charge in [-0.15, -0.1) is 0 Å². The normalized spacial score (nSPS) is 18.0. The minimum atomic E-state index is -5.08. The van der Waals surface area contributed by atoms with E-state index in [4.69, 9.17) is 24.4 Å². The van der Waals surface area contributed by atoms with Gasteiger partial charge in [0.1, 0.15) is 0 Å². The highest BCUT2D eigenvalue weighted by atomic mass is 19.4. The average Bonchev–Trinajstić information content (AvgIpc) is 3.29. The summed E-state index contributed by atoms with van der Waals surface area (Å²) in [6.45, 7) is 8.63. The van der Waals surface area contributed by atoms with E-state index in [0.29, 0.717) is 12.6 Å². The number of ether oxygens (including phenoxy) is 2. The van der Waals surface area contributed by atoms with Crippen molar-refractivity contribution in [2.45, 2.75) is 58.2 Å². The lowest BCUT2D eigenvalue weighted by Crippen LogP contribution is -2.23. The Balaban J connectivity index is 0.000000406. The Kier molecular flexibility index (Phi) is 8.46. The van der Waals surface area contributed by atoms with Crippen molar-refractivity contribution in [3.8, 4) is 11.5 Å². The number of carboxylic acid groups (broad SMARTS) is 1. The molecule has 1 aromatic carbocycles. The maximum absolute atomic E-state index is 10.6. The molecule has 2 aliphatic rings. The van der Waals surface area contributed by atoms with Crippen LogP contribution in [0.5, 0.6) is 11.5 Å². The second-order valence-corrected chi connectivity index (χ2v) is 8.71. The molecule has 0 saturated carbocycles. The molecule has 0 aliphatic carbocycles. The fraction of sp³-hybridized carbons (Fsp3) is 0.583. The van der Waals surface area contributed by atoms with Crippen LogP contribution in [0.4, 0.5) is 18.9 Å². The summed E-state index contributed by atoms with van der Waals surface area (Å²) in [6, 6.07) is 4.61. The molecule has 0 bridgehead atoms. The average molecular weight is 484 g/mol. The van der Waals surface area contributed by atoms with Gasteiger partial charge in [0.25, 0.3) is 0 Å². The number of carbonyl (C=O) groups is 1. The first-order chi connectivity index (χ1) is 16.1. The number of aliphatic carboxylic acids is 1. The molecule has 2 aliphatic heterocycles. The summed E-state index contributed by atoms with van der Waals surface area (Å²) in [6.07, 6.45) is 0.852. The number of fused-ring (bicyclic) bond motifs is 3. The zero-order valence-electron chi connectivity index (χ0n) is 19.8. The zero-order chi connectivity index (χ0) is 24.9. The number of nitrogens with zero attached hydrogens (tertiary/aromatic N) is 2. The Morgan fingerprint density at radius 3 is 2.56 bits per heavy atom. The molecule has 34 heavy (non-hydrogen) atoms. The lowest BCUT2D eigenvalue weighted by atomic mass is 9.95. The van der Waals surface area contributed by atoms with Crippen LogP contribution >= 0.6 is 0 Å². The summed E-state index contributed by atoms with van der Waals surface area (Å²) in [7, 11) is 1.71. The molecule has 4 rings (SSSR count). The van der Waals surface area contributed by atoms with Crippen molar-refractivity contribution < 1.29 is 32.5 Å². The third kappa shape index (κ3) is 6.43. The van der Waals surface area contributed by atoms with Crippen LogP contribution in [0.2, 0.25) is 0 Å². The molecule has 1 saturated heterocycles. The summed E-state index contributed by atoms with van der Waals surface area (Å²) in [5.41, 5.74) is 4.64. The number of pyridine rings is 1. The molecule has 10 heteroatoms. The molecule has 1 unspecified atom stereocenters. The lowest BCUT2D eigenvalue weighted by molar-refractivity contribution is -0.192. The number of nitrogens with one attached hydrogen (secondary N) is 1. The quantitative estimate of drug-likeness (QED) is 0.571. The second-order valence-electron chi connectivity index (χ2n) is 8.71. The van der Waals surface area contributed by atoms with E-state index in [-0.39, 0.29) is 0 Å². The van der Waals surface area contributed by atoms with E-state index in [1.165, 1.54) is 37.2 Å². The van der Waals surface area contributed by atoms with Crippen LogP contribution in [-0.2, 0) is 11.2 Å². The monoisotopic (exact) mass is 483 g/mol. The summed E-state index contributed by atoms with van der Waals surface area (Å²) in [5.74, 6) is -1.17. The van der Waals surface area contributed by atoms with E-state index in [1.54, 1.807) is 7.11 Å². The Morgan fingerprint density at radius 1 is 1.26 bits per heavy atom. The summed E-state index contributed by atoms with van der Waals surface area (Å²) in [4.78, 5) is 16.3. The first-order valence-corrected chi connectivity index (χ1v) is 11.5. The SMILES string of the molecule is COc1cc2c3c(c(C)nc2cc1OCCCN1CCCC1)CCC(C)N3.O=C(O)C(F)(F)F. The topological polar surface area (TPSA) is 83.9 Å². The van der Waals surface area contributed by atoms with Crippen molar-refractivity contribution in [1.82, 2.24) is 9.88 Å². The number of alkyl halides is 3. The fourth-order valence-corrected chi connectivity index (χ4v) is 4.33. The molecular weight excluding hydrogens is 451 g/mol. The van der Waals surface area contributed by atoms with Crippen molar-refractivity contribution in [2.75, 3.05) is 38.7 Å². The molecule has 2 aromatic rings. The molecule has 188 valence electrons. The molecule has 1 atom stereocenters. The summed E-state index contributed by atoms with van der Waals surface area (Å²) < 4.78 is 43.5. The Morgan fingerprint density at radius 2 is 1.94 bits per heavy atom. The molecule has 1 aromatic heterocycles. The van der Waals surface area contributed by atoms with Gasteiger partial charge in [-0.05, 0) is 70.7 Å². The number of benzene rings is 1. The van der Waals surface area contributed by atoms with Crippen LogP contribution in [-0.4, -0.2) is 66.5 Å². The minimum Gasteiger partial charge on any atom is -0.493 e. The van der Waals surface area contributed by atoms with E-state index in [2.05, 4.69) is 30.1 Å². The van der Waals surface area contributed by atoms with Crippen LogP contribution < -0.4 is 14.8 Å². The second kappa shape index (κ2) is 11.1. The van der Waals surface area contributed by atoms with Crippen molar-refractivity contribution >= 4 is 22.6 Å². The first-order valence-electron chi connectivity index (χ1n) is 11.5. The third-order valence-electron chi connectivity index (χ3n) is 6.11. The maximum Gasteiger partial charge on any atom is 0.490 e. The van der Waals surface area contributed by atoms with Crippen molar-refractivity contribution in [1.29, 1.82) is 0 Å². The van der Waals surface area contributed by atoms with Crippen molar-refractivity contribution in [3.63, 3.8) is 0 Å². The van der Waals surface area contributed by atoms with Crippen molar-refractivity contribution in [3.05, 3.63) is 23.4 Å². The number of hydrogen-bond donors (Lipinski definition) is 2. The highest BCUT2D eigenvalue weighted by Gasteiger charge is 2.38. The number of aryl methyl sites for hydroxylation is 1. The Labute approximate surface area is 197 Å². The number of likely N-dealkylation sites (tertiary alicyclic amines) is 1. The molecule has 0 spiro atoms. The van der Waals surface area contributed by atoms with Gasteiger partial charge < -0.3 is 24.8 Å². The van der Waals surface area contributed by atoms with E-state index in [0.717, 1.165) is 53.9 Å². The minimum absolute atomic E-state index is 0.481. The van der Waals surface area contributed by atoms with Gasteiger partial charge in [0, 0.05) is 35.4 Å². The Hall–Kier alpha value is -2.75. The largest absolute Gasteiger partial charge is 0.493 e. The third-order valence-corrected chi connectivity index (χ3v) is 6.11. The molecule has 3 heterocycles. The predicted molar refractivity (Wildman–Crippen MR) is 124 cm³/mol. The van der Waals surface area contributed by atoms with Crippen LogP contribution in [0.1, 0.15) is 43.9 Å². The fourth-order valence-electron chi connectivity index (χ4n) is 4.33. The molecule has 0 radical (unpaired) electrons. The molecule has 0 amide bonds. The molecule has 1 fully saturated rings. The maximum atomic E-state index is 10.6. The van der Waals surface area contributed by atoms with Gasteiger partial charge in [-0.1, -0.05) is 0 Å². The van der Waals surface area contributed by atoms with E-state index in [9.17, 15) is 13.2 Å². The highest BCUT2D eigenvalue weighted by molar-refractivity contribution is 5.96. The number of halogens is 3. The van der Waals surface area contributed by atoms with Crippen LogP contribution in [0, 0.1) is 6.92 Å². The van der Waals surface area contributed by atoms with Crippen LogP contribution in [0.3, 0.4) is 0 Å². The van der Waals surface area contributed by atoms with Crippen LogP contribution in [0.25, 0.3) is 10.9 Å². The number of aromatic nitrogens is 1. The number of rotatable bonds is 6. The van der Waals surface area contributed by atoms with Gasteiger partial charge in [0.05, 0.1) is 19.2 Å². The Bertz CT molecular complexity index is 1010. The molecule has 2 N–H and O–H groups in total. The highest BCUT2D eigenvalue weighted by Crippen LogP contribution is 2.39. The van der Waals surface area contributed by atoms with Crippen molar-refractivity contribution in [2.24, 2.45) is 0 Å². The number of hydrogen-bond acceptors (Lipinski definition) is 6. The zero-order valence-corrected chi connectivity index (χ0v) is 19.8. The van der Waals surface area contributed by atoms with E-state index >= 15 is 0 Å². The summed E-state index contributed by atoms with van der Waals surface area (Å²) in [5, 5.41) is 11.9. The van der Waals surface area contributed by atoms with Gasteiger partial charge in [0.2, 0.25) is 0 Å². The van der Waals surface area contributed by atoms with Gasteiger partial charge in [-0.3, -0.25) is 4.98 Å². The van der Waals surface area contributed by atoms with Gasteiger partial charge in [0.15, 0.2) is 11.5 Å². The predicted octanol–water partition coefficient (Wildman–Crippen LogP) is 4.80. The lowest BCUT2D eigenvalue weighted by Gasteiger charge is -2.27. The smallest absolute Gasteiger partial charge is 0.490 e. The molecule has 7 nitrogen and oxygen atoms in total. The van der Waals surface area contributed by atoms with E-state index < -0.39 is 12.1 Å². The standard InChI is InChI=1S/C22H31N3O2.C2HF3O2/c1-15-7-8-17-16(2)24-19-14-21(20(26-3)13-18(19)22(17)23-15)27-12-6-11-25-9-4-5-10-25;3-2(4,5)1(6)7/h13-15,23H,4-12H2,1-3H3;(H,6,7). The summed E-state index contributed by atoms with van der Waals surface area (Å²) >= 11 is 0. The number of anilines is 1. The molecular formula is C24H32F3N3O4. The van der Waals surface area contributed by atoms with Gasteiger partial charge in [-0.2, -0.15) is 13.2 Å². The number of methoxy groups -OCH3 is 1. The number of carboxylic acids is 1. The van der Waals surface area contributed by atoms with Gasteiger partial charge >= 0.3 is 12.1 Å². The van der Waals surface area contributed by atoms with E-state index in [1.807, 2.05) is 6.07 Å².